The molecule has 0 bridgehead atoms. The van der Waals surface area contributed by atoms with Crippen LogP contribution in [-0.2, 0) is 23.8 Å². The molecule has 6 N–H and O–H groups in total. The lowest BCUT2D eigenvalue weighted by Crippen LogP contribution is -2.60. The Labute approximate surface area is 522 Å². The summed E-state index contributed by atoms with van der Waals surface area (Å²) >= 11 is 0. The number of allylic oxidation sites excluding steroid dienone is 9. The van der Waals surface area contributed by atoms with E-state index in [1.54, 1.807) is 6.08 Å². The summed E-state index contributed by atoms with van der Waals surface area (Å²) in [5.74, 6) is -0.188. The number of aliphatic hydroxyl groups is 5. The van der Waals surface area contributed by atoms with Gasteiger partial charge in [-0.1, -0.05) is 299 Å². The smallest absolute Gasteiger partial charge is 0.305 e. The Bertz CT molecular complexity index is 1600. The van der Waals surface area contributed by atoms with E-state index in [-0.39, 0.29) is 18.5 Å². The van der Waals surface area contributed by atoms with E-state index in [0.29, 0.717) is 19.4 Å². The Balaban J connectivity index is 1.91. The zero-order valence-electron chi connectivity index (χ0n) is 55.1. The fourth-order valence-electron chi connectivity index (χ4n) is 11.3. The summed E-state index contributed by atoms with van der Waals surface area (Å²) in [4.78, 5) is 25.1. The SMILES string of the molecule is C/C=C/CC/C=C/CC/C=C/C(O)C(COC1OC(CO)C(O)C(O)C1O)NC(=O)CCCCCCCCCCCCCCCCCCC/C=C\C/C=C\CCCCCCCCCCCOC(=O)CCCCCCCCCCCCCCCCC. The van der Waals surface area contributed by atoms with Gasteiger partial charge in [0.25, 0.3) is 0 Å². The topological polar surface area (TPSA) is 175 Å². The van der Waals surface area contributed by atoms with E-state index in [1.165, 1.54) is 244 Å². The van der Waals surface area contributed by atoms with Crippen molar-refractivity contribution in [1.29, 1.82) is 0 Å². The molecule has 0 aromatic rings. The van der Waals surface area contributed by atoms with Crippen molar-refractivity contribution in [2.45, 2.75) is 378 Å². The number of aliphatic hydroxyl groups excluding tert-OH is 5. The minimum Gasteiger partial charge on any atom is -0.466 e. The molecule has 7 unspecified atom stereocenters. The van der Waals surface area contributed by atoms with Gasteiger partial charge in [0.15, 0.2) is 6.29 Å². The number of hydrogen-bond acceptors (Lipinski definition) is 10. The number of unbranched alkanes of at least 4 members (excludes halogenated alkanes) is 42. The zero-order valence-corrected chi connectivity index (χ0v) is 55.1. The van der Waals surface area contributed by atoms with Crippen LogP contribution in [-0.4, -0.2) is 100 Å². The second kappa shape index (κ2) is 62.9. The first-order valence-corrected chi connectivity index (χ1v) is 36.0. The summed E-state index contributed by atoms with van der Waals surface area (Å²) in [7, 11) is 0. The zero-order chi connectivity index (χ0) is 61.6. The number of ether oxygens (including phenoxy) is 3. The van der Waals surface area contributed by atoms with Gasteiger partial charge in [0.2, 0.25) is 5.91 Å². The molecule has 0 aromatic heterocycles. The molecule has 1 heterocycles. The molecule has 11 heteroatoms. The second-order valence-corrected chi connectivity index (χ2v) is 24.9. The van der Waals surface area contributed by atoms with Gasteiger partial charge in [-0.15, -0.1) is 0 Å². The third-order valence-corrected chi connectivity index (χ3v) is 16.9. The molecule has 11 nitrogen and oxygen atoms in total. The fourth-order valence-corrected chi connectivity index (χ4v) is 11.3. The summed E-state index contributed by atoms with van der Waals surface area (Å²) in [6, 6.07) is -0.833. The van der Waals surface area contributed by atoms with Gasteiger partial charge in [0, 0.05) is 12.8 Å². The highest BCUT2D eigenvalue weighted by Gasteiger charge is 2.44. The number of carbonyl (C=O) groups excluding carboxylic acids is 2. The van der Waals surface area contributed by atoms with E-state index in [0.717, 1.165) is 64.2 Å². The van der Waals surface area contributed by atoms with Gasteiger partial charge in [0.1, 0.15) is 24.4 Å². The maximum atomic E-state index is 13.0. The van der Waals surface area contributed by atoms with Gasteiger partial charge in [-0.3, -0.25) is 9.59 Å². The minimum atomic E-state index is -1.58. The van der Waals surface area contributed by atoms with E-state index in [1.807, 2.05) is 19.1 Å². The summed E-state index contributed by atoms with van der Waals surface area (Å²) < 4.78 is 16.7. The minimum absolute atomic E-state index is 0.00933. The predicted octanol–water partition coefficient (Wildman–Crippen LogP) is 18.5. The summed E-state index contributed by atoms with van der Waals surface area (Å²) in [6.45, 7) is 4.12. The highest BCUT2D eigenvalue weighted by atomic mass is 16.7. The third kappa shape index (κ3) is 51.9. The van der Waals surface area contributed by atoms with Crippen LogP contribution in [0, 0.1) is 0 Å². The van der Waals surface area contributed by atoms with Gasteiger partial charge in [-0.05, 0) is 84.0 Å². The molecule has 0 spiro atoms. The molecule has 1 aliphatic rings. The van der Waals surface area contributed by atoms with Crippen LogP contribution in [0.3, 0.4) is 0 Å². The summed E-state index contributed by atoms with van der Waals surface area (Å²) in [5.41, 5.74) is 0. The van der Waals surface area contributed by atoms with Crippen molar-refractivity contribution in [2.24, 2.45) is 0 Å². The van der Waals surface area contributed by atoms with Crippen LogP contribution in [0.4, 0.5) is 0 Å². The quantitative estimate of drug-likeness (QED) is 0.0195. The molecule has 0 aromatic carbocycles. The van der Waals surface area contributed by atoms with Crippen molar-refractivity contribution in [3.63, 3.8) is 0 Å². The molecule has 0 aliphatic carbocycles. The molecule has 1 saturated heterocycles. The number of amides is 1. The van der Waals surface area contributed by atoms with Crippen LogP contribution in [0.15, 0.2) is 60.8 Å². The standard InChI is InChI=1S/C74H135NO10/c1-3-5-7-9-11-13-14-15-35-39-42-46-50-54-58-62-70(79)83-63-59-55-51-47-43-40-37-34-32-30-28-26-24-22-20-18-16-17-19-21-23-25-27-29-31-33-36-38-41-45-49-53-57-61-69(78)75-66(67(77)60-56-52-48-44-12-10-8-6-4-2)65-84-74-73(82)72(81)71(80)68(64-76)85-74/h4,6,12,20,22,26,28,44,56,60,66-68,71-74,76-77,80-82H,3,5,7-11,13-19,21,23-25,27,29-43,45-55,57-59,61-65H2,1-2H3,(H,75,78)/b6-4+,22-20-,28-26-,44-12+,60-56+. The summed E-state index contributed by atoms with van der Waals surface area (Å²) in [5, 5.41) is 54.2. The van der Waals surface area contributed by atoms with Crippen molar-refractivity contribution in [3.05, 3.63) is 60.8 Å². The maximum absolute atomic E-state index is 13.0. The van der Waals surface area contributed by atoms with Crippen molar-refractivity contribution in [3.8, 4) is 0 Å². The highest BCUT2D eigenvalue weighted by molar-refractivity contribution is 5.76. The Hall–Kier alpha value is -2.64. The number of esters is 1. The largest absolute Gasteiger partial charge is 0.466 e. The highest BCUT2D eigenvalue weighted by Crippen LogP contribution is 2.23. The number of hydrogen-bond donors (Lipinski definition) is 6. The Morgan fingerprint density at radius 3 is 1.29 bits per heavy atom. The molecule has 1 fully saturated rings. The Morgan fingerprint density at radius 2 is 0.847 bits per heavy atom. The van der Waals surface area contributed by atoms with Gasteiger partial charge in [-0.25, -0.2) is 0 Å². The Kier molecular flexibility index (Phi) is 59.5. The molecule has 0 radical (unpaired) electrons. The second-order valence-electron chi connectivity index (χ2n) is 24.9. The lowest BCUT2D eigenvalue weighted by Gasteiger charge is -2.40. The molecular weight excluding hydrogens is 1060 g/mol. The van der Waals surface area contributed by atoms with Gasteiger partial charge >= 0.3 is 5.97 Å². The lowest BCUT2D eigenvalue weighted by atomic mass is 9.99. The molecule has 496 valence electrons. The van der Waals surface area contributed by atoms with E-state index >= 15 is 0 Å². The van der Waals surface area contributed by atoms with E-state index in [4.69, 9.17) is 14.2 Å². The predicted molar refractivity (Wildman–Crippen MR) is 357 cm³/mol. The summed E-state index contributed by atoms with van der Waals surface area (Å²) in [6.07, 6.45) is 74.1. The van der Waals surface area contributed by atoms with Crippen molar-refractivity contribution in [1.82, 2.24) is 5.32 Å². The fraction of sp³-hybridized carbons (Fsp3) is 0.838. The van der Waals surface area contributed by atoms with Crippen LogP contribution in [0.25, 0.3) is 0 Å². The first-order valence-electron chi connectivity index (χ1n) is 36.0. The van der Waals surface area contributed by atoms with Crippen LogP contribution < -0.4 is 5.32 Å². The van der Waals surface area contributed by atoms with Gasteiger partial charge in [0.05, 0.1) is 32.0 Å². The van der Waals surface area contributed by atoms with Crippen molar-refractivity contribution < 1.29 is 49.3 Å². The van der Waals surface area contributed by atoms with E-state index in [2.05, 4.69) is 54.8 Å². The number of nitrogens with one attached hydrogen (secondary N) is 1. The Morgan fingerprint density at radius 1 is 0.459 bits per heavy atom. The molecule has 7 atom stereocenters. The number of rotatable bonds is 63. The van der Waals surface area contributed by atoms with Crippen LogP contribution in [0.2, 0.25) is 0 Å². The van der Waals surface area contributed by atoms with Crippen LogP contribution >= 0.6 is 0 Å². The molecule has 1 aliphatic heterocycles. The van der Waals surface area contributed by atoms with Crippen molar-refractivity contribution in [2.75, 3.05) is 19.8 Å². The maximum Gasteiger partial charge on any atom is 0.305 e. The average Bonchev–Trinajstić information content (AvgIpc) is 3.62. The van der Waals surface area contributed by atoms with E-state index in [9.17, 15) is 35.1 Å². The number of carbonyl (C=O) groups is 2. The molecule has 85 heavy (non-hydrogen) atoms. The van der Waals surface area contributed by atoms with Crippen molar-refractivity contribution >= 4 is 11.9 Å². The third-order valence-electron chi connectivity index (χ3n) is 16.9. The first-order chi connectivity index (χ1) is 41.7. The molecule has 1 amide bonds. The normalized spacial score (nSPS) is 18.3. The first kappa shape index (κ1) is 80.4. The lowest BCUT2D eigenvalue weighted by molar-refractivity contribution is -0.302. The van der Waals surface area contributed by atoms with Gasteiger partial charge < -0.3 is 45.1 Å². The van der Waals surface area contributed by atoms with Gasteiger partial charge in [-0.2, -0.15) is 0 Å². The van der Waals surface area contributed by atoms with Crippen LogP contribution in [0.5, 0.6) is 0 Å². The molecular formula is C74H135NO10. The van der Waals surface area contributed by atoms with Crippen LogP contribution in [0.1, 0.15) is 335 Å². The average molecular weight is 1200 g/mol. The molecule has 0 saturated carbocycles. The van der Waals surface area contributed by atoms with E-state index < -0.39 is 49.5 Å². The molecule has 1 rings (SSSR count). The monoisotopic (exact) mass is 1200 g/mol.